The fraction of sp³-hybridized carbons (Fsp3) is 0.923. The molecule has 2 rings (SSSR count). The van der Waals surface area contributed by atoms with Gasteiger partial charge in [0.15, 0.2) is 0 Å². The molecule has 0 spiro atoms. The molecule has 0 unspecified atom stereocenters. The van der Waals surface area contributed by atoms with E-state index >= 15 is 0 Å². The minimum atomic E-state index is -0.0264. The Labute approximate surface area is 104 Å². The number of rotatable bonds is 2. The normalized spacial score (nSPS) is 29.2. The number of hydrogen-bond acceptors (Lipinski definition) is 3. The van der Waals surface area contributed by atoms with Gasteiger partial charge in [-0.3, -0.25) is 15.0 Å². The molecule has 4 heteroatoms. The Morgan fingerprint density at radius 3 is 2.47 bits per heavy atom. The van der Waals surface area contributed by atoms with Crippen LogP contribution in [0.4, 0.5) is 0 Å². The lowest BCUT2D eigenvalue weighted by Gasteiger charge is -2.46. The second-order valence-electron chi connectivity index (χ2n) is 6.28. The monoisotopic (exact) mass is 239 g/mol. The van der Waals surface area contributed by atoms with Crippen molar-refractivity contribution in [2.24, 2.45) is 0 Å². The summed E-state index contributed by atoms with van der Waals surface area (Å²) in [6.07, 6.45) is 1.16. The van der Waals surface area contributed by atoms with Crippen LogP contribution in [0, 0.1) is 0 Å². The van der Waals surface area contributed by atoms with Gasteiger partial charge in [-0.15, -0.1) is 0 Å². The lowest BCUT2D eigenvalue weighted by atomic mass is 9.96. The van der Waals surface area contributed by atoms with E-state index in [2.05, 4.69) is 37.9 Å². The van der Waals surface area contributed by atoms with E-state index in [9.17, 15) is 4.79 Å². The largest absolute Gasteiger partial charge is 0.341 e. The number of likely N-dealkylation sites (tertiary alicyclic amines) is 1. The molecule has 1 amide bonds. The molecule has 2 fully saturated rings. The molecule has 0 aromatic rings. The van der Waals surface area contributed by atoms with Crippen molar-refractivity contribution >= 4 is 5.91 Å². The minimum Gasteiger partial charge on any atom is -0.341 e. The Kier molecular flexibility index (Phi) is 3.46. The maximum absolute atomic E-state index is 12.3. The molecule has 0 bridgehead atoms. The zero-order valence-corrected chi connectivity index (χ0v) is 11.5. The Bertz CT molecular complexity index is 297. The predicted octanol–water partition coefficient (Wildman–Crippen LogP) is 0.680. The van der Waals surface area contributed by atoms with Gasteiger partial charge in [-0.05, 0) is 34.1 Å². The van der Waals surface area contributed by atoms with Crippen LogP contribution in [0.3, 0.4) is 0 Å². The molecule has 98 valence electrons. The van der Waals surface area contributed by atoms with Crippen molar-refractivity contribution < 1.29 is 4.79 Å². The van der Waals surface area contributed by atoms with E-state index in [0.29, 0.717) is 6.04 Å². The van der Waals surface area contributed by atoms with Crippen LogP contribution in [0.5, 0.6) is 0 Å². The first-order chi connectivity index (χ1) is 7.89. The highest BCUT2D eigenvalue weighted by Gasteiger charge is 2.38. The third-order valence-corrected chi connectivity index (χ3v) is 3.78. The summed E-state index contributed by atoms with van der Waals surface area (Å²) in [6.45, 7) is 12.5. The first-order valence-electron chi connectivity index (χ1n) is 6.69. The van der Waals surface area contributed by atoms with Crippen LogP contribution >= 0.6 is 0 Å². The summed E-state index contributed by atoms with van der Waals surface area (Å²) in [5.41, 5.74) is 0.0215. The highest BCUT2D eigenvalue weighted by atomic mass is 16.2. The van der Waals surface area contributed by atoms with Gasteiger partial charge in [0.1, 0.15) is 6.04 Å². The molecule has 0 aromatic carbocycles. The van der Waals surface area contributed by atoms with Crippen LogP contribution < -0.4 is 5.32 Å². The number of nitrogens with zero attached hydrogens (tertiary/aromatic N) is 2. The second-order valence-corrected chi connectivity index (χ2v) is 6.28. The first-order valence-corrected chi connectivity index (χ1v) is 6.69. The van der Waals surface area contributed by atoms with E-state index in [0.717, 1.165) is 32.6 Å². The van der Waals surface area contributed by atoms with Crippen molar-refractivity contribution in [3.05, 3.63) is 0 Å². The molecule has 17 heavy (non-hydrogen) atoms. The third-order valence-electron chi connectivity index (χ3n) is 3.78. The van der Waals surface area contributed by atoms with Crippen molar-refractivity contribution in [3.63, 3.8) is 0 Å². The molecule has 1 N–H and O–H groups in total. The molecular weight excluding hydrogens is 214 g/mol. The van der Waals surface area contributed by atoms with Crippen LogP contribution in [0.2, 0.25) is 0 Å². The number of amides is 1. The van der Waals surface area contributed by atoms with Gasteiger partial charge in [-0.2, -0.15) is 0 Å². The van der Waals surface area contributed by atoms with Crippen molar-refractivity contribution in [3.8, 4) is 0 Å². The van der Waals surface area contributed by atoms with E-state index in [1.54, 1.807) is 0 Å². The Balaban J connectivity index is 2.03. The number of carbonyl (C=O) groups excluding carboxylic acids is 1. The molecular formula is C13H25N3O. The topological polar surface area (TPSA) is 35.6 Å². The summed E-state index contributed by atoms with van der Waals surface area (Å²) in [5, 5.41) is 3.49. The summed E-state index contributed by atoms with van der Waals surface area (Å²) in [7, 11) is 0. The molecule has 2 aliphatic heterocycles. The lowest BCUT2D eigenvalue weighted by molar-refractivity contribution is -0.139. The van der Waals surface area contributed by atoms with Crippen LogP contribution in [0.25, 0.3) is 0 Å². The fourth-order valence-corrected chi connectivity index (χ4v) is 2.66. The smallest absolute Gasteiger partial charge is 0.241 e. The highest BCUT2D eigenvalue weighted by Crippen LogP contribution is 2.19. The first kappa shape index (κ1) is 12.8. The number of piperazine rings is 1. The van der Waals surface area contributed by atoms with E-state index in [4.69, 9.17) is 0 Å². The van der Waals surface area contributed by atoms with Crippen LogP contribution in [-0.2, 0) is 4.79 Å². The number of carbonyl (C=O) groups is 1. The average molecular weight is 239 g/mol. The lowest BCUT2D eigenvalue weighted by Crippen LogP contribution is -2.67. The van der Waals surface area contributed by atoms with Crippen molar-refractivity contribution in [2.75, 3.05) is 26.2 Å². The van der Waals surface area contributed by atoms with E-state index in [1.807, 2.05) is 4.90 Å². The molecule has 0 aromatic heterocycles. The van der Waals surface area contributed by atoms with Crippen LogP contribution in [-0.4, -0.2) is 59.5 Å². The van der Waals surface area contributed by atoms with Crippen molar-refractivity contribution in [1.29, 1.82) is 0 Å². The molecule has 1 atom stereocenters. The second kappa shape index (κ2) is 4.58. The van der Waals surface area contributed by atoms with Gasteiger partial charge in [0.25, 0.3) is 0 Å². The van der Waals surface area contributed by atoms with Gasteiger partial charge in [0.2, 0.25) is 5.91 Å². The Morgan fingerprint density at radius 1 is 1.35 bits per heavy atom. The molecule has 2 aliphatic rings. The SMILES string of the molecule is CC(C)N1C[C@@H](C(=O)N2CCC2)NC(C)(C)C1. The summed E-state index contributed by atoms with van der Waals surface area (Å²) in [6, 6.07) is 0.476. The summed E-state index contributed by atoms with van der Waals surface area (Å²) in [4.78, 5) is 16.6. The van der Waals surface area contributed by atoms with Crippen molar-refractivity contribution in [2.45, 2.75) is 51.7 Å². The van der Waals surface area contributed by atoms with E-state index in [1.165, 1.54) is 0 Å². The molecule has 2 heterocycles. The molecule has 0 radical (unpaired) electrons. The summed E-state index contributed by atoms with van der Waals surface area (Å²) >= 11 is 0. The van der Waals surface area contributed by atoms with Gasteiger partial charge >= 0.3 is 0 Å². The van der Waals surface area contributed by atoms with Gasteiger partial charge in [-0.25, -0.2) is 0 Å². The maximum atomic E-state index is 12.3. The highest BCUT2D eigenvalue weighted by molar-refractivity contribution is 5.83. The predicted molar refractivity (Wildman–Crippen MR) is 68.9 cm³/mol. The van der Waals surface area contributed by atoms with Crippen LogP contribution in [0.1, 0.15) is 34.1 Å². The molecule has 0 saturated carbocycles. The molecule has 4 nitrogen and oxygen atoms in total. The zero-order chi connectivity index (χ0) is 12.6. The van der Waals surface area contributed by atoms with Gasteiger partial charge in [0, 0.05) is 37.8 Å². The summed E-state index contributed by atoms with van der Waals surface area (Å²) in [5.74, 6) is 0.287. The number of nitrogens with one attached hydrogen (secondary N) is 1. The third kappa shape index (κ3) is 2.80. The standard InChI is InChI=1S/C13H25N3O/c1-10(2)16-8-11(14-13(3,4)9-16)12(17)15-6-5-7-15/h10-11,14H,5-9H2,1-4H3/t11-/m0/s1. The average Bonchev–Trinajstić information content (AvgIpc) is 2.12. The minimum absolute atomic E-state index is 0.0215. The molecule has 0 aliphatic carbocycles. The zero-order valence-electron chi connectivity index (χ0n) is 11.5. The van der Waals surface area contributed by atoms with E-state index < -0.39 is 0 Å². The van der Waals surface area contributed by atoms with Crippen LogP contribution in [0.15, 0.2) is 0 Å². The van der Waals surface area contributed by atoms with Gasteiger partial charge < -0.3 is 4.90 Å². The Hall–Kier alpha value is -0.610. The van der Waals surface area contributed by atoms with Gasteiger partial charge in [-0.1, -0.05) is 0 Å². The maximum Gasteiger partial charge on any atom is 0.241 e. The Morgan fingerprint density at radius 2 is 2.00 bits per heavy atom. The quantitative estimate of drug-likeness (QED) is 0.770. The fourth-order valence-electron chi connectivity index (χ4n) is 2.66. The van der Waals surface area contributed by atoms with Crippen molar-refractivity contribution in [1.82, 2.24) is 15.1 Å². The van der Waals surface area contributed by atoms with Gasteiger partial charge in [0.05, 0.1) is 0 Å². The number of hydrogen-bond donors (Lipinski definition) is 1. The molecule has 2 saturated heterocycles. The summed E-state index contributed by atoms with van der Waals surface area (Å²) < 4.78 is 0. The van der Waals surface area contributed by atoms with E-state index in [-0.39, 0.29) is 17.5 Å².